The molecule has 6 heteroatoms. The van der Waals surface area contributed by atoms with Gasteiger partial charge in [-0.15, -0.1) is 0 Å². The molecule has 1 aliphatic rings. The standard InChI is InChI=1S/C12H15Br2NO3/c1-2-12(11(16)17)3-4-15(7-12)6-8-5-9(13)10(14)18-8/h5H,2-4,6-7H2,1H3,(H,16,17). The van der Waals surface area contributed by atoms with Gasteiger partial charge in [-0.25, -0.2) is 0 Å². The monoisotopic (exact) mass is 379 g/mol. The van der Waals surface area contributed by atoms with Gasteiger partial charge in [-0.05, 0) is 57.3 Å². The van der Waals surface area contributed by atoms with Crippen molar-refractivity contribution in [3.63, 3.8) is 0 Å². The Kier molecular flexibility index (Phi) is 4.18. The summed E-state index contributed by atoms with van der Waals surface area (Å²) in [6.07, 6.45) is 1.38. The van der Waals surface area contributed by atoms with Crippen molar-refractivity contribution in [1.82, 2.24) is 4.90 Å². The fourth-order valence-electron chi connectivity index (χ4n) is 2.40. The maximum absolute atomic E-state index is 11.3. The van der Waals surface area contributed by atoms with Crippen LogP contribution in [-0.4, -0.2) is 29.1 Å². The third kappa shape index (κ3) is 2.65. The molecular formula is C12H15Br2NO3. The van der Waals surface area contributed by atoms with Crippen LogP contribution in [0.15, 0.2) is 19.6 Å². The lowest BCUT2D eigenvalue weighted by molar-refractivity contribution is -0.148. The minimum absolute atomic E-state index is 0.582. The zero-order valence-electron chi connectivity index (χ0n) is 10.1. The van der Waals surface area contributed by atoms with E-state index in [1.807, 2.05) is 13.0 Å². The summed E-state index contributed by atoms with van der Waals surface area (Å²) >= 11 is 6.67. The number of furan rings is 1. The van der Waals surface area contributed by atoms with Crippen LogP contribution in [0.5, 0.6) is 0 Å². The number of halogens is 2. The second-order valence-electron chi connectivity index (χ2n) is 4.73. The van der Waals surface area contributed by atoms with Gasteiger partial charge in [0.15, 0.2) is 4.67 Å². The molecule has 0 aromatic carbocycles. The Labute approximate surface area is 123 Å². The Morgan fingerprint density at radius 3 is 2.78 bits per heavy atom. The lowest BCUT2D eigenvalue weighted by Gasteiger charge is -2.22. The summed E-state index contributed by atoms with van der Waals surface area (Å²) in [4.78, 5) is 13.5. The van der Waals surface area contributed by atoms with E-state index in [2.05, 4.69) is 36.8 Å². The topological polar surface area (TPSA) is 53.7 Å². The molecule has 0 bridgehead atoms. The maximum atomic E-state index is 11.3. The molecule has 1 atom stereocenters. The molecule has 1 aliphatic heterocycles. The van der Waals surface area contributed by atoms with Gasteiger partial charge >= 0.3 is 5.97 Å². The molecule has 0 spiro atoms. The van der Waals surface area contributed by atoms with E-state index in [-0.39, 0.29) is 0 Å². The Morgan fingerprint density at radius 2 is 2.33 bits per heavy atom. The molecule has 2 heterocycles. The summed E-state index contributed by atoms with van der Waals surface area (Å²) in [6.45, 7) is 3.99. The Bertz CT molecular complexity index is 441. The number of nitrogens with zero attached hydrogens (tertiary/aromatic N) is 1. The van der Waals surface area contributed by atoms with Crippen molar-refractivity contribution >= 4 is 37.8 Å². The number of hydrogen-bond acceptors (Lipinski definition) is 3. The Morgan fingerprint density at radius 1 is 1.61 bits per heavy atom. The lowest BCUT2D eigenvalue weighted by atomic mass is 9.84. The molecule has 0 aliphatic carbocycles. The van der Waals surface area contributed by atoms with Crippen LogP contribution in [0.1, 0.15) is 25.5 Å². The van der Waals surface area contributed by atoms with Gasteiger partial charge in [0.25, 0.3) is 0 Å². The van der Waals surface area contributed by atoms with Crippen LogP contribution in [0, 0.1) is 5.41 Å². The highest BCUT2D eigenvalue weighted by molar-refractivity contribution is 9.13. The van der Waals surface area contributed by atoms with E-state index in [9.17, 15) is 9.90 Å². The van der Waals surface area contributed by atoms with E-state index in [4.69, 9.17) is 4.42 Å². The van der Waals surface area contributed by atoms with Crippen molar-refractivity contribution in [2.75, 3.05) is 13.1 Å². The average Bonchev–Trinajstić information content (AvgIpc) is 2.85. The predicted octanol–water partition coefficient (Wildman–Crippen LogP) is 3.49. The highest BCUT2D eigenvalue weighted by atomic mass is 79.9. The normalized spacial score (nSPS) is 24.6. The van der Waals surface area contributed by atoms with Crippen molar-refractivity contribution in [3.05, 3.63) is 21.0 Å². The quantitative estimate of drug-likeness (QED) is 0.868. The molecule has 0 amide bonds. The first-order valence-electron chi connectivity index (χ1n) is 5.86. The molecule has 18 heavy (non-hydrogen) atoms. The van der Waals surface area contributed by atoms with E-state index in [0.29, 0.717) is 30.6 Å². The summed E-state index contributed by atoms with van der Waals surface area (Å²) in [6, 6.07) is 1.91. The molecule has 1 fully saturated rings. The van der Waals surface area contributed by atoms with Crippen LogP contribution in [0.2, 0.25) is 0 Å². The molecule has 1 aromatic heterocycles. The molecule has 1 saturated heterocycles. The fourth-order valence-corrected chi connectivity index (χ4v) is 3.06. The third-order valence-corrected chi connectivity index (χ3v) is 5.35. The zero-order chi connectivity index (χ0) is 13.3. The van der Waals surface area contributed by atoms with Crippen LogP contribution in [0.25, 0.3) is 0 Å². The Hall–Kier alpha value is -0.330. The molecule has 100 valence electrons. The van der Waals surface area contributed by atoms with E-state index in [1.54, 1.807) is 0 Å². The summed E-state index contributed by atoms with van der Waals surface area (Å²) < 4.78 is 7.08. The smallest absolute Gasteiger partial charge is 0.310 e. The minimum atomic E-state index is -0.686. The third-order valence-electron chi connectivity index (χ3n) is 3.64. The largest absolute Gasteiger partial charge is 0.481 e. The number of carboxylic acid groups (broad SMARTS) is 1. The molecule has 2 rings (SSSR count). The van der Waals surface area contributed by atoms with Gasteiger partial charge in [-0.3, -0.25) is 9.69 Å². The van der Waals surface area contributed by atoms with Gasteiger partial charge in [0.05, 0.1) is 16.4 Å². The molecule has 0 radical (unpaired) electrons. The number of hydrogen-bond donors (Lipinski definition) is 1. The zero-order valence-corrected chi connectivity index (χ0v) is 13.3. The molecule has 1 aromatic rings. The number of rotatable bonds is 4. The maximum Gasteiger partial charge on any atom is 0.310 e. The highest BCUT2D eigenvalue weighted by Crippen LogP contribution is 2.35. The minimum Gasteiger partial charge on any atom is -0.481 e. The van der Waals surface area contributed by atoms with E-state index >= 15 is 0 Å². The second kappa shape index (κ2) is 5.35. The van der Waals surface area contributed by atoms with Gasteiger partial charge in [-0.2, -0.15) is 0 Å². The van der Waals surface area contributed by atoms with Gasteiger partial charge in [0.2, 0.25) is 0 Å². The van der Waals surface area contributed by atoms with Crippen molar-refractivity contribution in [1.29, 1.82) is 0 Å². The Balaban J connectivity index is 2.03. The summed E-state index contributed by atoms with van der Waals surface area (Å²) in [5.74, 6) is 0.153. The van der Waals surface area contributed by atoms with E-state index in [0.717, 1.165) is 16.8 Å². The van der Waals surface area contributed by atoms with Gasteiger partial charge < -0.3 is 9.52 Å². The number of aliphatic carboxylic acids is 1. The second-order valence-corrected chi connectivity index (χ2v) is 6.31. The van der Waals surface area contributed by atoms with Crippen LogP contribution in [0.3, 0.4) is 0 Å². The first-order chi connectivity index (χ1) is 8.47. The van der Waals surface area contributed by atoms with Gasteiger partial charge in [-0.1, -0.05) is 6.92 Å². The average molecular weight is 381 g/mol. The number of carboxylic acids is 1. The van der Waals surface area contributed by atoms with Crippen molar-refractivity contribution < 1.29 is 14.3 Å². The van der Waals surface area contributed by atoms with Crippen molar-refractivity contribution in [2.24, 2.45) is 5.41 Å². The van der Waals surface area contributed by atoms with Crippen LogP contribution in [0.4, 0.5) is 0 Å². The van der Waals surface area contributed by atoms with Crippen LogP contribution >= 0.6 is 31.9 Å². The molecule has 0 saturated carbocycles. The van der Waals surface area contributed by atoms with Crippen molar-refractivity contribution in [2.45, 2.75) is 26.3 Å². The first-order valence-corrected chi connectivity index (χ1v) is 7.45. The molecule has 1 unspecified atom stereocenters. The predicted molar refractivity (Wildman–Crippen MR) is 74.4 cm³/mol. The SMILES string of the molecule is CCC1(C(=O)O)CCN(Cc2cc(Br)c(Br)o2)C1. The van der Waals surface area contributed by atoms with Crippen molar-refractivity contribution in [3.8, 4) is 0 Å². The molecule has 1 N–H and O–H groups in total. The first kappa shape index (κ1) is 14.1. The number of likely N-dealkylation sites (tertiary alicyclic amines) is 1. The summed E-state index contributed by atoms with van der Waals surface area (Å²) in [7, 11) is 0. The fraction of sp³-hybridized carbons (Fsp3) is 0.583. The molecule has 4 nitrogen and oxygen atoms in total. The van der Waals surface area contributed by atoms with Crippen LogP contribution < -0.4 is 0 Å². The van der Waals surface area contributed by atoms with E-state index in [1.165, 1.54) is 0 Å². The van der Waals surface area contributed by atoms with E-state index < -0.39 is 11.4 Å². The van der Waals surface area contributed by atoms with Gasteiger partial charge in [0, 0.05) is 6.54 Å². The highest BCUT2D eigenvalue weighted by Gasteiger charge is 2.43. The number of carbonyl (C=O) groups is 1. The van der Waals surface area contributed by atoms with Crippen LogP contribution in [-0.2, 0) is 11.3 Å². The van der Waals surface area contributed by atoms with Gasteiger partial charge in [0.1, 0.15) is 5.76 Å². The lowest BCUT2D eigenvalue weighted by Crippen LogP contribution is -2.33. The molecular weight excluding hydrogens is 366 g/mol. The summed E-state index contributed by atoms with van der Waals surface area (Å²) in [5.41, 5.74) is -0.582. The summed E-state index contributed by atoms with van der Waals surface area (Å²) in [5, 5.41) is 9.33.